The van der Waals surface area contributed by atoms with Crippen LogP contribution in [0.25, 0.3) is 20.8 Å². The van der Waals surface area contributed by atoms with Crippen LogP contribution in [0.4, 0.5) is 5.00 Å². The summed E-state index contributed by atoms with van der Waals surface area (Å²) < 4.78 is 1.13. The van der Waals surface area contributed by atoms with Crippen LogP contribution >= 0.6 is 34.4 Å². The van der Waals surface area contributed by atoms with Crippen molar-refractivity contribution >= 4 is 61.5 Å². The molecule has 0 fully saturated rings. The van der Waals surface area contributed by atoms with Gasteiger partial charge in [-0.3, -0.25) is 9.59 Å². The number of aromatic nitrogens is 1. The van der Waals surface area contributed by atoms with Crippen LogP contribution in [0.2, 0.25) is 0 Å². The molecule has 3 heterocycles. The Kier molecular flexibility index (Phi) is 6.99. The Morgan fingerprint density at radius 3 is 2.68 bits per heavy atom. The third kappa shape index (κ3) is 5.04. The van der Waals surface area contributed by atoms with E-state index in [1.807, 2.05) is 41.3 Å². The fourth-order valence-electron chi connectivity index (χ4n) is 4.09. The van der Waals surface area contributed by atoms with E-state index in [0.717, 1.165) is 49.3 Å². The fraction of sp³-hybridized carbons (Fsp3) is 0.269. The topological polar surface area (TPSA) is 62.3 Å². The van der Waals surface area contributed by atoms with Crippen molar-refractivity contribution in [1.29, 1.82) is 0 Å². The number of benzene rings is 2. The molecule has 174 valence electrons. The Morgan fingerprint density at radius 2 is 1.88 bits per heavy atom. The number of anilines is 1. The summed E-state index contributed by atoms with van der Waals surface area (Å²) in [5.74, 6) is 1.01. The number of nitrogens with zero attached hydrogens (tertiary/aromatic N) is 2. The monoisotopic (exact) mass is 507 g/mol. The minimum Gasteiger partial charge on any atom is -0.337 e. The number of carbonyl (C=O) groups excluding carboxylic acids is 2. The first-order chi connectivity index (χ1) is 16.6. The second-order valence-electron chi connectivity index (χ2n) is 8.20. The molecule has 5 nitrogen and oxygen atoms in total. The number of carbonyl (C=O) groups is 2. The molecular weight excluding hydrogens is 483 g/mol. The van der Waals surface area contributed by atoms with E-state index in [1.54, 1.807) is 41.4 Å². The first-order valence-corrected chi connectivity index (χ1v) is 13.9. The van der Waals surface area contributed by atoms with E-state index in [4.69, 9.17) is 4.98 Å². The number of thioether (sulfide) groups is 1. The van der Waals surface area contributed by atoms with Crippen LogP contribution in [0.1, 0.15) is 30.2 Å². The number of para-hydroxylation sites is 1. The van der Waals surface area contributed by atoms with E-state index in [9.17, 15) is 9.59 Å². The molecule has 1 aliphatic rings. The number of hydrogen-bond acceptors (Lipinski definition) is 6. The number of rotatable bonds is 7. The zero-order chi connectivity index (χ0) is 23.5. The summed E-state index contributed by atoms with van der Waals surface area (Å²) in [5.41, 5.74) is 3.23. The molecule has 0 radical (unpaired) electrons. The summed E-state index contributed by atoms with van der Waals surface area (Å²) in [7, 11) is 0. The van der Waals surface area contributed by atoms with Crippen molar-refractivity contribution in [3.05, 3.63) is 65.0 Å². The van der Waals surface area contributed by atoms with Crippen molar-refractivity contribution in [3.63, 3.8) is 0 Å². The van der Waals surface area contributed by atoms with Gasteiger partial charge in [0.1, 0.15) is 10.0 Å². The van der Waals surface area contributed by atoms with Gasteiger partial charge in [0.2, 0.25) is 11.8 Å². The predicted molar refractivity (Wildman–Crippen MR) is 143 cm³/mol. The minimum atomic E-state index is 0.0260. The molecule has 2 amide bonds. The average molecular weight is 508 g/mol. The van der Waals surface area contributed by atoms with E-state index < -0.39 is 0 Å². The van der Waals surface area contributed by atoms with Crippen LogP contribution in [0.3, 0.4) is 0 Å². The average Bonchev–Trinajstić information content (AvgIpc) is 3.42. The quantitative estimate of drug-likeness (QED) is 0.231. The maximum absolute atomic E-state index is 12.9. The lowest BCUT2D eigenvalue weighted by atomic mass is 10.0. The lowest BCUT2D eigenvalue weighted by molar-refractivity contribution is -0.129. The van der Waals surface area contributed by atoms with E-state index in [-0.39, 0.29) is 11.8 Å². The molecule has 5 rings (SSSR count). The first kappa shape index (κ1) is 23.1. The molecule has 0 bridgehead atoms. The minimum absolute atomic E-state index is 0.0260. The van der Waals surface area contributed by atoms with E-state index in [1.165, 1.54) is 10.5 Å². The normalized spacial score (nSPS) is 13.1. The van der Waals surface area contributed by atoms with Crippen molar-refractivity contribution in [2.75, 3.05) is 17.6 Å². The van der Waals surface area contributed by atoms with Gasteiger partial charge in [-0.1, -0.05) is 30.3 Å². The summed E-state index contributed by atoms with van der Waals surface area (Å²) >= 11 is 5.02. The van der Waals surface area contributed by atoms with Crippen LogP contribution in [0.5, 0.6) is 0 Å². The maximum atomic E-state index is 12.9. The van der Waals surface area contributed by atoms with Gasteiger partial charge in [0.15, 0.2) is 0 Å². The van der Waals surface area contributed by atoms with Gasteiger partial charge in [-0.2, -0.15) is 0 Å². The Balaban J connectivity index is 1.35. The molecule has 8 heteroatoms. The second kappa shape index (κ2) is 10.3. The van der Waals surface area contributed by atoms with Crippen molar-refractivity contribution in [1.82, 2.24) is 9.88 Å². The van der Waals surface area contributed by atoms with E-state index in [2.05, 4.69) is 23.5 Å². The van der Waals surface area contributed by atoms with Gasteiger partial charge in [0.25, 0.3) is 0 Å². The lowest BCUT2D eigenvalue weighted by Crippen LogP contribution is -2.33. The van der Waals surface area contributed by atoms with Crippen LogP contribution in [-0.4, -0.2) is 34.0 Å². The predicted octanol–water partition coefficient (Wildman–Crippen LogP) is 6.44. The van der Waals surface area contributed by atoms with Crippen molar-refractivity contribution in [2.24, 2.45) is 0 Å². The van der Waals surface area contributed by atoms with Crippen LogP contribution in [0, 0.1) is 0 Å². The SMILES string of the molecule is CC(=O)N1CCc2c(sc(NC(=O)CCCSc3ccccc3)c2-c2nc3ccccc3s2)C1. The third-order valence-electron chi connectivity index (χ3n) is 5.82. The Bertz CT molecular complexity index is 1300. The molecule has 0 saturated heterocycles. The summed E-state index contributed by atoms with van der Waals surface area (Å²) in [5, 5.41) is 4.98. The van der Waals surface area contributed by atoms with Crippen molar-refractivity contribution < 1.29 is 9.59 Å². The van der Waals surface area contributed by atoms with Gasteiger partial charge < -0.3 is 10.2 Å². The fourth-order valence-corrected chi connectivity index (χ4v) is 7.36. The zero-order valence-corrected chi connectivity index (χ0v) is 21.3. The highest BCUT2D eigenvalue weighted by Crippen LogP contribution is 2.45. The van der Waals surface area contributed by atoms with Gasteiger partial charge in [0.05, 0.1) is 16.8 Å². The standard InChI is InChI=1S/C26H25N3O2S3/c1-17(30)29-14-13-19-22(16-29)34-26(24(19)25-27-20-10-5-6-11-21(20)33-25)28-23(31)12-7-15-32-18-8-3-2-4-9-18/h2-6,8-11H,7,12-16H2,1H3,(H,28,31). The van der Waals surface area contributed by atoms with E-state index in [0.29, 0.717) is 19.5 Å². The number of thiophene rings is 1. The van der Waals surface area contributed by atoms with E-state index >= 15 is 0 Å². The first-order valence-electron chi connectivity index (χ1n) is 11.3. The van der Waals surface area contributed by atoms with Crippen LogP contribution in [0.15, 0.2) is 59.5 Å². The van der Waals surface area contributed by atoms with Crippen LogP contribution in [-0.2, 0) is 22.6 Å². The third-order valence-corrected chi connectivity index (χ3v) is 9.11. The van der Waals surface area contributed by atoms with Gasteiger partial charge in [-0.05, 0) is 48.4 Å². The summed E-state index contributed by atoms with van der Waals surface area (Å²) in [6.07, 6.45) is 2.06. The molecule has 0 saturated carbocycles. The van der Waals surface area contributed by atoms with Gasteiger partial charge in [-0.25, -0.2) is 4.98 Å². The Morgan fingerprint density at radius 1 is 1.09 bits per heavy atom. The highest BCUT2D eigenvalue weighted by molar-refractivity contribution is 7.99. The number of amides is 2. The molecule has 34 heavy (non-hydrogen) atoms. The smallest absolute Gasteiger partial charge is 0.225 e. The number of hydrogen-bond donors (Lipinski definition) is 1. The molecule has 0 unspecified atom stereocenters. The number of nitrogens with one attached hydrogen (secondary N) is 1. The molecule has 0 atom stereocenters. The van der Waals surface area contributed by atoms with Crippen molar-refractivity contribution in [2.45, 2.75) is 37.6 Å². The molecule has 1 N–H and O–H groups in total. The molecule has 0 spiro atoms. The summed E-state index contributed by atoms with van der Waals surface area (Å²) in [6.45, 7) is 2.90. The highest BCUT2D eigenvalue weighted by Gasteiger charge is 2.28. The second-order valence-corrected chi connectivity index (χ2v) is 11.5. The number of fused-ring (bicyclic) bond motifs is 2. The highest BCUT2D eigenvalue weighted by atomic mass is 32.2. The molecular formula is C26H25N3O2S3. The van der Waals surface area contributed by atoms with Gasteiger partial charge >= 0.3 is 0 Å². The molecule has 2 aromatic heterocycles. The molecule has 4 aromatic rings. The Labute approximate surface area is 211 Å². The summed E-state index contributed by atoms with van der Waals surface area (Å²) in [6, 6.07) is 18.4. The lowest BCUT2D eigenvalue weighted by Gasteiger charge is -2.26. The zero-order valence-electron chi connectivity index (χ0n) is 18.9. The summed E-state index contributed by atoms with van der Waals surface area (Å²) in [4.78, 5) is 34.0. The molecule has 1 aliphatic heterocycles. The Hall–Kier alpha value is -2.68. The molecule has 0 aliphatic carbocycles. The van der Waals surface area contributed by atoms with Crippen molar-refractivity contribution in [3.8, 4) is 10.6 Å². The largest absolute Gasteiger partial charge is 0.337 e. The van der Waals surface area contributed by atoms with Crippen LogP contribution < -0.4 is 5.32 Å². The van der Waals surface area contributed by atoms with Gasteiger partial charge in [-0.15, -0.1) is 34.4 Å². The molecule has 2 aromatic carbocycles. The maximum Gasteiger partial charge on any atom is 0.225 e. The van der Waals surface area contributed by atoms with Gasteiger partial charge in [0, 0.05) is 35.2 Å². The number of thiazole rings is 1.